The summed E-state index contributed by atoms with van der Waals surface area (Å²) in [5.74, 6) is -0.179. The van der Waals surface area contributed by atoms with E-state index in [1.165, 1.54) is 0 Å². The number of rotatable bonds is 4. The molecule has 0 saturated carbocycles. The zero-order valence-electron chi connectivity index (χ0n) is 10.2. The first kappa shape index (κ1) is 12.6. The standard InChI is InChI=1S/C13H17N3O2/c14-7-8-15-12(17)9-16-11-4-2-1-3-10(11)5-6-13(16)18/h1-4H,5-9,14H2,(H,15,17). The number of carbonyl (C=O) groups excluding carboxylic acids is 2. The molecule has 0 aromatic heterocycles. The molecule has 0 spiro atoms. The first-order chi connectivity index (χ1) is 8.72. The van der Waals surface area contributed by atoms with Crippen LogP contribution < -0.4 is 16.0 Å². The van der Waals surface area contributed by atoms with E-state index in [9.17, 15) is 9.59 Å². The lowest BCUT2D eigenvalue weighted by molar-refractivity contribution is -0.124. The number of fused-ring (bicyclic) bond motifs is 1. The maximum absolute atomic E-state index is 11.9. The van der Waals surface area contributed by atoms with Crippen LogP contribution in [0.4, 0.5) is 5.69 Å². The van der Waals surface area contributed by atoms with E-state index in [0.717, 1.165) is 17.7 Å². The molecule has 96 valence electrons. The van der Waals surface area contributed by atoms with Crippen LogP contribution >= 0.6 is 0 Å². The average molecular weight is 247 g/mol. The summed E-state index contributed by atoms with van der Waals surface area (Å²) in [4.78, 5) is 25.1. The molecule has 2 rings (SSSR count). The van der Waals surface area contributed by atoms with Gasteiger partial charge in [-0.1, -0.05) is 18.2 Å². The van der Waals surface area contributed by atoms with Crippen molar-refractivity contribution in [1.29, 1.82) is 0 Å². The molecular weight excluding hydrogens is 230 g/mol. The minimum absolute atomic E-state index is 0.00315. The third-order valence-electron chi connectivity index (χ3n) is 2.96. The molecule has 0 aliphatic carbocycles. The van der Waals surface area contributed by atoms with Crippen LogP contribution in [-0.2, 0) is 16.0 Å². The summed E-state index contributed by atoms with van der Waals surface area (Å²) in [7, 11) is 0. The monoisotopic (exact) mass is 247 g/mol. The number of hydrogen-bond donors (Lipinski definition) is 2. The summed E-state index contributed by atoms with van der Waals surface area (Å²) in [6, 6.07) is 7.69. The van der Waals surface area contributed by atoms with Gasteiger partial charge < -0.3 is 16.0 Å². The lowest BCUT2D eigenvalue weighted by atomic mass is 10.0. The minimum atomic E-state index is -0.175. The van der Waals surface area contributed by atoms with Crippen LogP contribution in [0.15, 0.2) is 24.3 Å². The number of anilines is 1. The van der Waals surface area contributed by atoms with E-state index in [4.69, 9.17) is 5.73 Å². The number of nitrogens with one attached hydrogen (secondary N) is 1. The molecule has 0 atom stereocenters. The summed E-state index contributed by atoms with van der Waals surface area (Å²) >= 11 is 0. The smallest absolute Gasteiger partial charge is 0.240 e. The van der Waals surface area contributed by atoms with Gasteiger partial charge in [0.05, 0.1) is 0 Å². The third-order valence-corrected chi connectivity index (χ3v) is 2.96. The molecule has 5 nitrogen and oxygen atoms in total. The molecule has 0 radical (unpaired) electrons. The van der Waals surface area contributed by atoms with Crippen LogP contribution in [0.3, 0.4) is 0 Å². The number of amides is 2. The predicted octanol–water partition coefficient (Wildman–Crippen LogP) is 0.0407. The Morgan fingerprint density at radius 3 is 2.89 bits per heavy atom. The van der Waals surface area contributed by atoms with Crippen molar-refractivity contribution < 1.29 is 9.59 Å². The van der Waals surface area contributed by atoms with E-state index in [1.54, 1.807) is 4.90 Å². The fourth-order valence-electron chi connectivity index (χ4n) is 2.08. The fraction of sp³-hybridized carbons (Fsp3) is 0.385. The van der Waals surface area contributed by atoms with Crippen LogP contribution in [0, 0.1) is 0 Å². The Bertz CT molecular complexity index is 459. The SMILES string of the molecule is NCCNC(=O)CN1C(=O)CCc2ccccc21. The molecule has 18 heavy (non-hydrogen) atoms. The maximum Gasteiger partial charge on any atom is 0.240 e. The minimum Gasteiger partial charge on any atom is -0.353 e. The second-order valence-corrected chi connectivity index (χ2v) is 4.25. The van der Waals surface area contributed by atoms with Gasteiger partial charge in [0.15, 0.2) is 0 Å². The zero-order valence-corrected chi connectivity index (χ0v) is 10.2. The highest BCUT2D eigenvalue weighted by Crippen LogP contribution is 2.26. The Hall–Kier alpha value is -1.88. The number of nitrogens with two attached hydrogens (primary N) is 1. The highest BCUT2D eigenvalue weighted by Gasteiger charge is 2.25. The zero-order chi connectivity index (χ0) is 13.0. The van der Waals surface area contributed by atoms with Crippen molar-refractivity contribution >= 4 is 17.5 Å². The molecule has 1 heterocycles. The Morgan fingerprint density at radius 1 is 1.33 bits per heavy atom. The molecule has 1 aliphatic heterocycles. The number of carbonyl (C=O) groups is 2. The van der Waals surface area contributed by atoms with Crippen molar-refractivity contribution in [1.82, 2.24) is 5.32 Å². The highest BCUT2D eigenvalue weighted by molar-refractivity contribution is 6.00. The largest absolute Gasteiger partial charge is 0.353 e. The topological polar surface area (TPSA) is 75.4 Å². The lowest BCUT2D eigenvalue weighted by Gasteiger charge is -2.28. The van der Waals surface area contributed by atoms with Crippen molar-refractivity contribution in [2.45, 2.75) is 12.8 Å². The van der Waals surface area contributed by atoms with Crippen molar-refractivity contribution in [2.75, 3.05) is 24.5 Å². The molecule has 1 aliphatic rings. The Balaban J connectivity index is 2.12. The molecule has 0 bridgehead atoms. The normalized spacial score (nSPS) is 14.3. The molecular formula is C13H17N3O2. The van der Waals surface area contributed by atoms with Crippen LogP contribution in [0.1, 0.15) is 12.0 Å². The van der Waals surface area contributed by atoms with Gasteiger partial charge in [0, 0.05) is 25.2 Å². The van der Waals surface area contributed by atoms with Crippen LogP contribution in [0.25, 0.3) is 0 Å². The third kappa shape index (κ3) is 2.68. The summed E-state index contributed by atoms with van der Waals surface area (Å²) < 4.78 is 0. The molecule has 0 fully saturated rings. The van der Waals surface area contributed by atoms with Crippen molar-refractivity contribution in [3.63, 3.8) is 0 Å². The summed E-state index contributed by atoms with van der Waals surface area (Å²) in [5.41, 5.74) is 7.28. The van der Waals surface area contributed by atoms with Crippen molar-refractivity contribution in [3.05, 3.63) is 29.8 Å². The van der Waals surface area contributed by atoms with E-state index < -0.39 is 0 Å². The number of benzene rings is 1. The summed E-state index contributed by atoms with van der Waals surface area (Å²) in [5, 5.41) is 2.67. The Labute approximate surface area is 106 Å². The van der Waals surface area contributed by atoms with Crippen molar-refractivity contribution in [3.8, 4) is 0 Å². The average Bonchev–Trinajstić information content (AvgIpc) is 2.40. The van der Waals surface area contributed by atoms with Gasteiger partial charge in [-0.05, 0) is 18.1 Å². The van der Waals surface area contributed by atoms with Gasteiger partial charge in [-0.15, -0.1) is 0 Å². The number of hydrogen-bond acceptors (Lipinski definition) is 3. The molecule has 5 heteroatoms. The first-order valence-electron chi connectivity index (χ1n) is 6.07. The van der Waals surface area contributed by atoms with Gasteiger partial charge in [-0.3, -0.25) is 9.59 Å². The van der Waals surface area contributed by atoms with Gasteiger partial charge in [-0.25, -0.2) is 0 Å². The predicted molar refractivity (Wildman–Crippen MR) is 69.2 cm³/mol. The lowest BCUT2D eigenvalue weighted by Crippen LogP contribution is -2.44. The molecule has 1 aromatic rings. The maximum atomic E-state index is 11.9. The Kier molecular flexibility index (Phi) is 3.94. The molecule has 2 amide bonds. The van der Waals surface area contributed by atoms with Gasteiger partial charge in [0.1, 0.15) is 6.54 Å². The van der Waals surface area contributed by atoms with Gasteiger partial charge in [0.25, 0.3) is 0 Å². The molecule has 1 aromatic carbocycles. The van der Waals surface area contributed by atoms with Gasteiger partial charge in [-0.2, -0.15) is 0 Å². The molecule has 3 N–H and O–H groups in total. The quantitative estimate of drug-likeness (QED) is 0.789. The van der Waals surface area contributed by atoms with Crippen LogP contribution in [0.2, 0.25) is 0 Å². The fourth-order valence-corrected chi connectivity index (χ4v) is 2.08. The summed E-state index contributed by atoms with van der Waals surface area (Å²) in [6.45, 7) is 0.897. The van der Waals surface area contributed by atoms with Gasteiger partial charge >= 0.3 is 0 Å². The number of aryl methyl sites for hydroxylation is 1. The van der Waals surface area contributed by atoms with E-state index >= 15 is 0 Å². The molecule has 0 unspecified atom stereocenters. The van der Waals surface area contributed by atoms with Gasteiger partial charge in [0.2, 0.25) is 11.8 Å². The van der Waals surface area contributed by atoms with Crippen LogP contribution in [0.5, 0.6) is 0 Å². The summed E-state index contributed by atoms with van der Waals surface area (Å²) in [6.07, 6.45) is 1.21. The Morgan fingerprint density at radius 2 is 2.11 bits per heavy atom. The second-order valence-electron chi connectivity index (χ2n) is 4.25. The van der Waals surface area contributed by atoms with E-state index in [2.05, 4.69) is 5.32 Å². The van der Waals surface area contributed by atoms with E-state index in [1.807, 2.05) is 24.3 Å². The number of nitrogens with zero attached hydrogens (tertiary/aromatic N) is 1. The second kappa shape index (κ2) is 5.64. The van der Waals surface area contributed by atoms with E-state index in [-0.39, 0.29) is 18.4 Å². The van der Waals surface area contributed by atoms with Crippen molar-refractivity contribution in [2.24, 2.45) is 5.73 Å². The van der Waals surface area contributed by atoms with E-state index in [0.29, 0.717) is 19.5 Å². The van der Waals surface area contributed by atoms with Crippen LogP contribution in [-0.4, -0.2) is 31.4 Å². The molecule has 0 saturated heterocycles. The number of para-hydroxylation sites is 1. The highest BCUT2D eigenvalue weighted by atomic mass is 16.2. The first-order valence-corrected chi connectivity index (χ1v) is 6.07.